The molecule has 0 saturated carbocycles. The Bertz CT molecular complexity index is 351. The Kier molecular flexibility index (Phi) is 4.83. The third-order valence-corrected chi connectivity index (χ3v) is 3.79. The topological polar surface area (TPSA) is 38.5 Å². The molecule has 3 nitrogen and oxygen atoms in total. The summed E-state index contributed by atoms with van der Waals surface area (Å²) < 4.78 is 6.76. The van der Waals surface area contributed by atoms with Crippen LogP contribution in [0.5, 0.6) is 5.75 Å². The van der Waals surface area contributed by atoms with Gasteiger partial charge >= 0.3 is 0 Å². The van der Waals surface area contributed by atoms with Gasteiger partial charge in [0.25, 0.3) is 0 Å². The van der Waals surface area contributed by atoms with Crippen LogP contribution in [0, 0.1) is 0 Å². The summed E-state index contributed by atoms with van der Waals surface area (Å²) in [6.07, 6.45) is 2.21. The highest BCUT2D eigenvalue weighted by molar-refractivity contribution is 9.10. The SMILES string of the molecule is NC1CCN(CCOc2ccccc2Br)CC1. The van der Waals surface area contributed by atoms with Gasteiger partial charge in [0.15, 0.2) is 0 Å². The Hall–Kier alpha value is -0.580. The quantitative estimate of drug-likeness (QED) is 0.927. The van der Waals surface area contributed by atoms with E-state index in [1.165, 1.54) is 0 Å². The Morgan fingerprint density at radius 1 is 1.29 bits per heavy atom. The van der Waals surface area contributed by atoms with Crippen molar-refractivity contribution in [1.82, 2.24) is 4.90 Å². The molecular weight excluding hydrogens is 280 g/mol. The molecule has 4 heteroatoms. The number of ether oxygens (including phenoxy) is 1. The lowest BCUT2D eigenvalue weighted by Crippen LogP contribution is -2.41. The van der Waals surface area contributed by atoms with Gasteiger partial charge in [-0.1, -0.05) is 12.1 Å². The van der Waals surface area contributed by atoms with Crippen molar-refractivity contribution in [3.8, 4) is 5.75 Å². The number of para-hydroxylation sites is 1. The highest BCUT2D eigenvalue weighted by Gasteiger charge is 2.15. The van der Waals surface area contributed by atoms with E-state index in [1.807, 2.05) is 24.3 Å². The molecule has 0 aromatic heterocycles. The minimum atomic E-state index is 0.399. The second kappa shape index (κ2) is 6.38. The smallest absolute Gasteiger partial charge is 0.133 e. The van der Waals surface area contributed by atoms with Crippen LogP contribution in [0.15, 0.2) is 28.7 Å². The zero-order chi connectivity index (χ0) is 12.1. The lowest BCUT2D eigenvalue weighted by Gasteiger charge is -2.29. The molecule has 1 aromatic rings. The fraction of sp³-hybridized carbons (Fsp3) is 0.538. The Morgan fingerprint density at radius 2 is 2.00 bits per heavy atom. The number of hydrogen-bond acceptors (Lipinski definition) is 3. The minimum Gasteiger partial charge on any atom is -0.491 e. The molecule has 0 spiro atoms. The van der Waals surface area contributed by atoms with E-state index in [1.54, 1.807) is 0 Å². The number of piperidine rings is 1. The summed E-state index contributed by atoms with van der Waals surface area (Å²) in [6.45, 7) is 3.91. The zero-order valence-corrected chi connectivity index (χ0v) is 11.5. The summed E-state index contributed by atoms with van der Waals surface area (Å²) >= 11 is 3.48. The monoisotopic (exact) mass is 298 g/mol. The van der Waals surface area contributed by atoms with E-state index < -0.39 is 0 Å². The van der Waals surface area contributed by atoms with Crippen molar-refractivity contribution in [3.05, 3.63) is 28.7 Å². The van der Waals surface area contributed by atoms with Gasteiger partial charge in [0, 0.05) is 12.6 Å². The van der Waals surface area contributed by atoms with Crippen LogP contribution in [0.25, 0.3) is 0 Å². The molecule has 0 atom stereocenters. The molecule has 0 radical (unpaired) electrons. The molecule has 1 fully saturated rings. The van der Waals surface area contributed by atoms with Gasteiger partial charge < -0.3 is 10.5 Å². The third-order valence-electron chi connectivity index (χ3n) is 3.13. The fourth-order valence-corrected chi connectivity index (χ4v) is 2.42. The highest BCUT2D eigenvalue weighted by Crippen LogP contribution is 2.23. The standard InChI is InChI=1S/C13H19BrN2O/c14-12-3-1-2-4-13(12)17-10-9-16-7-5-11(15)6-8-16/h1-4,11H,5-10,15H2. The molecule has 1 saturated heterocycles. The van der Waals surface area contributed by atoms with Gasteiger partial charge in [-0.15, -0.1) is 0 Å². The van der Waals surface area contributed by atoms with Crippen molar-refractivity contribution in [2.45, 2.75) is 18.9 Å². The van der Waals surface area contributed by atoms with E-state index in [0.29, 0.717) is 6.04 Å². The third kappa shape index (κ3) is 3.98. The molecule has 0 unspecified atom stereocenters. The Morgan fingerprint density at radius 3 is 2.71 bits per heavy atom. The molecule has 0 aliphatic carbocycles. The average Bonchev–Trinajstić information content (AvgIpc) is 2.34. The van der Waals surface area contributed by atoms with Crippen molar-refractivity contribution < 1.29 is 4.74 Å². The molecule has 2 N–H and O–H groups in total. The highest BCUT2D eigenvalue weighted by atomic mass is 79.9. The van der Waals surface area contributed by atoms with Crippen LogP contribution in [0.4, 0.5) is 0 Å². The second-order valence-electron chi connectivity index (χ2n) is 4.46. The molecule has 0 bridgehead atoms. The first kappa shape index (κ1) is 12.9. The molecule has 1 aromatic carbocycles. The maximum absolute atomic E-state index is 5.87. The molecule has 0 amide bonds. The van der Waals surface area contributed by atoms with Crippen LogP contribution in [0.1, 0.15) is 12.8 Å². The maximum atomic E-state index is 5.87. The number of nitrogens with zero attached hydrogens (tertiary/aromatic N) is 1. The number of nitrogens with two attached hydrogens (primary N) is 1. The summed E-state index contributed by atoms with van der Waals surface area (Å²) in [4.78, 5) is 2.42. The van der Waals surface area contributed by atoms with Gasteiger partial charge in [-0.05, 0) is 54.0 Å². The summed E-state index contributed by atoms with van der Waals surface area (Å²) in [5.41, 5.74) is 5.87. The fourth-order valence-electron chi connectivity index (χ4n) is 2.02. The number of hydrogen-bond donors (Lipinski definition) is 1. The van der Waals surface area contributed by atoms with Gasteiger partial charge in [-0.3, -0.25) is 4.90 Å². The molecule has 1 heterocycles. The van der Waals surface area contributed by atoms with Gasteiger partial charge in [0.05, 0.1) is 4.47 Å². The minimum absolute atomic E-state index is 0.399. The second-order valence-corrected chi connectivity index (χ2v) is 5.31. The number of halogens is 1. The van der Waals surface area contributed by atoms with Crippen LogP contribution in [-0.2, 0) is 0 Å². The van der Waals surface area contributed by atoms with Crippen LogP contribution < -0.4 is 10.5 Å². The first-order valence-corrected chi connectivity index (χ1v) is 6.90. The largest absolute Gasteiger partial charge is 0.491 e. The first-order chi connectivity index (χ1) is 8.25. The van der Waals surface area contributed by atoms with Crippen LogP contribution in [-0.4, -0.2) is 37.2 Å². The van der Waals surface area contributed by atoms with Crippen molar-refractivity contribution in [1.29, 1.82) is 0 Å². The summed E-state index contributed by atoms with van der Waals surface area (Å²) in [5, 5.41) is 0. The van der Waals surface area contributed by atoms with Gasteiger partial charge in [0.2, 0.25) is 0 Å². The normalized spacial score (nSPS) is 18.2. The number of rotatable bonds is 4. The van der Waals surface area contributed by atoms with E-state index in [2.05, 4.69) is 20.8 Å². The predicted molar refractivity (Wildman–Crippen MR) is 73.3 cm³/mol. The first-order valence-electron chi connectivity index (χ1n) is 6.11. The summed E-state index contributed by atoms with van der Waals surface area (Å²) in [7, 11) is 0. The summed E-state index contributed by atoms with van der Waals surface area (Å²) in [6, 6.07) is 8.35. The number of likely N-dealkylation sites (tertiary alicyclic amines) is 1. The van der Waals surface area contributed by atoms with Gasteiger partial charge in [-0.25, -0.2) is 0 Å². The molecule has 2 rings (SSSR count). The van der Waals surface area contributed by atoms with Gasteiger partial charge in [0.1, 0.15) is 12.4 Å². The van der Waals surface area contributed by atoms with E-state index >= 15 is 0 Å². The molecule has 17 heavy (non-hydrogen) atoms. The Labute approximate surface area is 111 Å². The summed E-state index contributed by atoms with van der Waals surface area (Å²) in [5.74, 6) is 0.918. The molecule has 1 aliphatic rings. The zero-order valence-electron chi connectivity index (χ0n) is 9.94. The van der Waals surface area contributed by atoms with Crippen molar-refractivity contribution in [3.63, 3.8) is 0 Å². The van der Waals surface area contributed by atoms with E-state index in [4.69, 9.17) is 10.5 Å². The number of benzene rings is 1. The lowest BCUT2D eigenvalue weighted by atomic mass is 10.1. The molecule has 94 valence electrons. The predicted octanol–water partition coefficient (Wildman–Crippen LogP) is 2.25. The van der Waals surface area contributed by atoms with Crippen molar-refractivity contribution in [2.75, 3.05) is 26.2 Å². The van der Waals surface area contributed by atoms with Crippen molar-refractivity contribution >= 4 is 15.9 Å². The van der Waals surface area contributed by atoms with E-state index in [0.717, 1.165) is 49.3 Å². The Balaban J connectivity index is 1.71. The molecular formula is C13H19BrN2O. The molecule has 1 aliphatic heterocycles. The van der Waals surface area contributed by atoms with Gasteiger partial charge in [-0.2, -0.15) is 0 Å². The van der Waals surface area contributed by atoms with Crippen LogP contribution in [0.3, 0.4) is 0 Å². The van der Waals surface area contributed by atoms with Crippen LogP contribution >= 0.6 is 15.9 Å². The van der Waals surface area contributed by atoms with Crippen LogP contribution in [0.2, 0.25) is 0 Å². The van der Waals surface area contributed by atoms with Crippen molar-refractivity contribution in [2.24, 2.45) is 5.73 Å². The maximum Gasteiger partial charge on any atom is 0.133 e. The van der Waals surface area contributed by atoms with E-state index in [9.17, 15) is 0 Å². The average molecular weight is 299 g/mol. The van der Waals surface area contributed by atoms with E-state index in [-0.39, 0.29) is 0 Å². The lowest BCUT2D eigenvalue weighted by molar-refractivity contribution is 0.174.